The maximum Gasteiger partial charge on any atom is 0.265 e. The average Bonchev–Trinajstić information content (AvgIpc) is 2.81. The minimum Gasteiger partial charge on any atom is -0.487 e. The molecule has 128 valence electrons. The Labute approximate surface area is 161 Å². The van der Waals surface area contributed by atoms with E-state index >= 15 is 0 Å². The van der Waals surface area contributed by atoms with E-state index in [0.29, 0.717) is 26.6 Å². The van der Waals surface area contributed by atoms with Crippen LogP contribution < -0.4 is 4.74 Å². The van der Waals surface area contributed by atoms with Gasteiger partial charge < -0.3 is 4.74 Å². The number of carbonyl (C=O) groups is 1. The zero-order valence-electron chi connectivity index (χ0n) is 13.8. The van der Waals surface area contributed by atoms with Crippen LogP contribution in [-0.4, -0.2) is 22.2 Å². The van der Waals surface area contributed by atoms with Gasteiger partial charge in [0.05, 0.1) is 9.93 Å². The molecule has 0 radical (unpaired) electrons. The predicted molar refractivity (Wildman–Crippen MR) is 108 cm³/mol. The van der Waals surface area contributed by atoms with Gasteiger partial charge in [0.1, 0.15) is 16.7 Å². The van der Waals surface area contributed by atoms with Crippen LogP contribution in [0.4, 0.5) is 0 Å². The minimum absolute atomic E-state index is 0.0918. The number of hydrogen-bond acceptors (Lipinski definition) is 4. The molecule has 1 amide bonds. The van der Waals surface area contributed by atoms with Crippen molar-refractivity contribution in [2.75, 3.05) is 7.05 Å². The summed E-state index contributed by atoms with van der Waals surface area (Å²) >= 11 is 12.7. The molecule has 0 unspecified atom stereocenters. The molecule has 3 rings (SSSR count). The quantitative estimate of drug-likeness (QED) is 0.540. The van der Waals surface area contributed by atoms with Gasteiger partial charge in [-0.05, 0) is 36.3 Å². The molecule has 0 spiro atoms. The lowest BCUT2D eigenvalue weighted by molar-refractivity contribution is -0.121. The summed E-state index contributed by atoms with van der Waals surface area (Å²) in [6.07, 6.45) is 1.79. The number of halogens is 1. The van der Waals surface area contributed by atoms with Crippen LogP contribution in [0.15, 0.2) is 47.4 Å². The fourth-order valence-corrected chi connectivity index (χ4v) is 3.81. The molecule has 0 bridgehead atoms. The number of benzene rings is 2. The summed E-state index contributed by atoms with van der Waals surface area (Å²) in [5.74, 6) is 0.522. The number of nitrogens with zero attached hydrogens (tertiary/aromatic N) is 1. The molecule has 1 heterocycles. The molecule has 2 aromatic carbocycles. The van der Waals surface area contributed by atoms with Crippen molar-refractivity contribution in [2.45, 2.75) is 13.5 Å². The highest BCUT2D eigenvalue weighted by atomic mass is 35.5. The van der Waals surface area contributed by atoms with Crippen molar-refractivity contribution in [1.29, 1.82) is 0 Å². The van der Waals surface area contributed by atoms with Gasteiger partial charge in [0.15, 0.2) is 0 Å². The Hall–Kier alpha value is -1.82. The van der Waals surface area contributed by atoms with Crippen molar-refractivity contribution in [2.24, 2.45) is 0 Å². The zero-order chi connectivity index (χ0) is 18.0. The van der Waals surface area contributed by atoms with Gasteiger partial charge >= 0.3 is 0 Å². The molecule has 25 heavy (non-hydrogen) atoms. The standard InChI is InChI=1S/C19H16ClNO2S2/c1-12-4-3-5-14(8-12)11-23-16-7-6-13(9-15(16)20)10-17-18(22)21(2)19(24)25-17/h3-10H,11H2,1-2H3/b17-10-. The van der Waals surface area contributed by atoms with Gasteiger partial charge in [-0.15, -0.1) is 0 Å². The van der Waals surface area contributed by atoms with Crippen LogP contribution in [0.5, 0.6) is 5.75 Å². The van der Waals surface area contributed by atoms with Gasteiger partial charge in [-0.1, -0.05) is 71.5 Å². The average molecular weight is 390 g/mol. The van der Waals surface area contributed by atoms with Gasteiger partial charge in [-0.2, -0.15) is 0 Å². The summed E-state index contributed by atoms with van der Waals surface area (Å²) in [7, 11) is 1.67. The van der Waals surface area contributed by atoms with Crippen LogP contribution >= 0.6 is 35.6 Å². The Kier molecular flexibility index (Phi) is 5.47. The van der Waals surface area contributed by atoms with Gasteiger partial charge in [0.25, 0.3) is 5.91 Å². The number of ether oxygens (including phenoxy) is 1. The van der Waals surface area contributed by atoms with Crippen molar-refractivity contribution in [3.63, 3.8) is 0 Å². The van der Waals surface area contributed by atoms with Gasteiger partial charge in [0.2, 0.25) is 0 Å². The first-order chi connectivity index (χ1) is 11.9. The topological polar surface area (TPSA) is 29.5 Å². The van der Waals surface area contributed by atoms with Crippen LogP contribution in [0.2, 0.25) is 5.02 Å². The van der Waals surface area contributed by atoms with E-state index in [9.17, 15) is 4.79 Å². The summed E-state index contributed by atoms with van der Waals surface area (Å²) in [4.78, 5) is 14.1. The monoisotopic (exact) mass is 389 g/mol. The first-order valence-corrected chi connectivity index (χ1v) is 9.24. The van der Waals surface area contributed by atoms with Crippen LogP contribution in [-0.2, 0) is 11.4 Å². The number of thioether (sulfide) groups is 1. The van der Waals surface area contributed by atoms with E-state index in [4.69, 9.17) is 28.6 Å². The fraction of sp³-hybridized carbons (Fsp3) is 0.158. The lowest BCUT2D eigenvalue weighted by Gasteiger charge is -2.09. The number of carbonyl (C=O) groups excluding carboxylic acids is 1. The van der Waals surface area contributed by atoms with Gasteiger partial charge in [-0.3, -0.25) is 9.69 Å². The molecule has 0 N–H and O–H groups in total. The number of aryl methyl sites for hydroxylation is 1. The maximum absolute atomic E-state index is 12.1. The van der Waals surface area contributed by atoms with E-state index in [0.717, 1.165) is 11.1 Å². The normalized spacial score (nSPS) is 16.0. The molecule has 1 saturated heterocycles. The summed E-state index contributed by atoms with van der Waals surface area (Å²) in [5.41, 5.74) is 3.12. The molecule has 1 fully saturated rings. The third-order valence-electron chi connectivity index (χ3n) is 3.72. The largest absolute Gasteiger partial charge is 0.487 e. The second-order valence-electron chi connectivity index (χ2n) is 5.71. The molecular formula is C19H16ClNO2S2. The first-order valence-electron chi connectivity index (χ1n) is 7.63. The second-order valence-corrected chi connectivity index (χ2v) is 7.79. The smallest absolute Gasteiger partial charge is 0.265 e. The molecule has 2 aromatic rings. The Bertz CT molecular complexity index is 879. The van der Waals surface area contributed by atoms with E-state index in [1.54, 1.807) is 19.2 Å². The van der Waals surface area contributed by atoms with Gasteiger partial charge in [-0.25, -0.2) is 0 Å². The van der Waals surface area contributed by atoms with Crippen molar-refractivity contribution in [1.82, 2.24) is 4.90 Å². The SMILES string of the molecule is Cc1cccc(COc2ccc(/C=C3\SC(=S)N(C)C3=O)cc2Cl)c1. The van der Waals surface area contributed by atoms with Crippen molar-refractivity contribution in [3.05, 3.63) is 69.1 Å². The Morgan fingerprint density at radius 1 is 1.28 bits per heavy atom. The Morgan fingerprint density at radius 2 is 2.08 bits per heavy atom. The van der Waals surface area contributed by atoms with Crippen LogP contribution in [0, 0.1) is 6.92 Å². The molecular weight excluding hydrogens is 374 g/mol. The highest BCUT2D eigenvalue weighted by Crippen LogP contribution is 2.33. The van der Waals surface area contributed by atoms with Crippen molar-refractivity contribution in [3.8, 4) is 5.75 Å². The molecule has 6 heteroatoms. The molecule has 0 saturated carbocycles. The molecule has 0 aromatic heterocycles. The third-order valence-corrected chi connectivity index (χ3v) is 5.50. The van der Waals surface area contributed by atoms with Crippen LogP contribution in [0.25, 0.3) is 6.08 Å². The highest BCUT2D eigenvalue weighted by Gasteiger charge is 2.28. The molecule has 3 nitrogen and oxygen atoms in total. The van der Waals surface area contributed by atoms with Gasteiger partial charge in [0, 0.05) is 7.05 Å². The predicted octanol–water partition coefficient (Wildman–Crippen LogP) is 5.06. The lowest BCUT2D eigenvalue weighted by atomic mass is 10.1. The zero-order valence-corrected chi connectivity index (χ0v) is 16.2. The van der Waals surface area contributed by atoms with Crippen molar-refractivity contribution < 1.29 is 9.53 Å². The number of hydrogen-bond donors (Lipinski definition) is 0. The maximum atomic E-state index is 12.1. The second kappa shape index (κ2) is 7.60. The number of thiocarbonyl (C=S) groups is 1. The van der Waals surface area contributed by atoms with Crippen molar-refractivity contribution >= 4 is 51.9 Å². The summed E-state index contributed by atoms with van der Waals surface area (Å²) in [5, 5.41) is 0.508. The molecule has 1 aliphatic heterocycles. The molecule has 1 aliphatic rings. The van der Waals surface area contributed by atoms with E-state index < -0.39 is 0 Å². The van der Waals surface area contributed by atoms with E-state index in [1.807, 2.05) is 37.3 Å². The summed E-state index contributed by atoms with van der Waals surface area (Å²) in [6, 6.07) is 13.6. The van der Waals surface area contributed by atoms with E-state index in [-0.39, 0.29) is 5.91 Å². The third kappa shape index (κ3) is 4.24. The Balaban J connectivity index is 1.73. The summed E-state index contributed by atoms with van der Waals surface area (Å²) in [6.45, 7) is 2.50. The highest BCUT2D eigenvalue weighted by molar-refractivity contribution is 8.26. The number of rotatable bonds is 4. The summed E-state index contributed by atoms with van der Waals surface area (Å²) < 4.78 is 6.36. The minimum atomic E-state index is -0.0918. The molecule has 0 atom stereocenters. The van der Waals surface area contributed by atoms with Crippen LogP contribution in [0.1, 0.15) is 16.7 Å². The number of amides is 1. The first kappa shape index (κ1) is 18.0. The number of likely N-dealkylation sites (N-methyl/N-ethyl adjacent to an activating group) is 1. The van der Waals surface area contributed by atoms with E-state index in [2.05, 4.69) is 6.07 Å². The fourth-order valence-electron chi connectivity index (χ4n) is 2.38. The Morgan fingerprint density at radius 3 is 2.72 bits per heavy atom. The van der Waals surface area contributed by atoms with Crippen LogP contribution in [0.3, 0.4) is 0 Å². The lowest BCUT2D eigenvalue weighted by Crippen LogP contribution is -2.22. The molecule has 0 aliphatic carbocycles. The van der Waals surface area contributed by atoms with E-state index in [1.165, 1.54) is 22.2 Å².